The summed E-state index contributed by atoms with van der Waals surface area (Å²) in [5.41, 5.74) is 1.66. The zero-order valence-electron chi connectivity index (χ0n) is 15.8. The molecule has 0 unspecified atom stereocenters. The number of halogens is 2. The van der Waals surface area contributed by atoms with Crippen molar-refractivity contribution in [3.8, 4) is 22.9 Å². The highest BCUT2D eigenvalue weighted by Gasteiger charge is 2.13. The molecule has 6 nitrogen and oxygen atoms in total. The van der Waals surface area contributed by atoms with Gasteiger partial charge in [0.05, 0.1) is 18.4 Å². The maximum atomic E-state index is 12.9. The van der Waals surface area contributed by atoms with E-state index >= 15 is 0 Å². The van der Waals surface area contributed by atoms with Crippen LogP contribution in [0.25, 0.3) is 11.4 Å². The van der Waals surface area contributed by atoms with E-state index in [1.54, 1.807) is 37.4 Å². The molecule has 0 amide bonds. The molecule has 0 fully saturated rings. The van der Waals surface area contributed by atoms with Crippen molar-refractivity contribution < 1.29 is 13.9 Å². The minimum absolute atomic E-state index is 0.292. The van der Waals surface area contributed by atoms with E-state index < -0.39 is 0 Å². The third-order valence-corrected chi connectivity index (χ3v) is 5.99. The number of nitrogens with one attached hydrogen (secondary N) is 1. The molecule has 2 aromatic carbocycles. The normalized spacial score (nSPS) is 10.9. The fourth-order valence-electron chi connectivity index (χ4n) is 2.59. The summed E-state index contributed by atoms with van der Waals surface area (Å²) in [5, 5.41) is 11.2. The lowest BCUT2D eigenvalue weighted by Crippen LogP contribution is -1.95. The van der Waals surface area contributed by atoms with E-state index in [4.69, 9.17) is 21.1 Å². The Morgan fingerprint density at radius 3 is 2.80 bits per heavy atom. The Kier molecular flexibility index (Phi) is 6.51. The van der Waals surface area contributed by atoms with Gasteiger partial charge in [0.1, 0.15) is 28.9 Å². The molecule has 2 heterocycles. The molecule has 0 aliphatic carbocycles. The van der Waals surface area contributed by atoms with Crippen LogP contribution in [-0.2, 0) is 12.4 Å². The first-order valence-corrected chi connectivity index (χ1v) is 11.1. The minimum atomic E-state index is -0.292. The van der Waals surface area contributed by atoms with Crippen molar-refractivity contribution in [1.82, 2.24) is 20.2 Å². The van der Waals surface area contributed by atoms with Gasteiger partial charge in [-0.3, -0.25) is 5.10 Å². The van der Waals surface area contributed by atoms with Gasteiger partial charge in [0.2, 0.25) is 5.16 Å². The van der Waals surface area contributed by atoms with E-state index in [0.717, 1.165) is 16.3 Å². The van der Waals surface area contributed by atoms with E-state index in [1.165, 1.54) is 35.2 Å². The molecule has 2 aromatic heterocycles. The van der Waals surface area contributed by atoms with Crippen LogP contribution >= 0.6 is 34.7 Å². The molecule has 0 atom stereocenters. The summed E-state index contributed by atoms with van der Waals surface area (Å²) in [4.78, 5) is 9.07. The average molecular weight is 463 g/mol. The van der Waals surface area contributed by atoms with Gasteiger partial charge in [-0.15, -0.1) is 16.4 Å². The van der Waals surface area contributed by atoms with Gasteiger partial charge < -0.3 is 9.47 Å². The maximum Gasteiger partial charge on any atom is 0.209 e. The number of benzene rings is 2. The van der Waals surface area contributed by atoms with Gasteiger partial charge in [0.15, 0.2) is 5.82 Å². The van der Waals surface area contributed by atoms with Crippen molar-refractivity contribution in [2.75, 3.05) is 7.11 Å². The van der Waals surface area contributed by atoms with Crippen LogP contribution in [-0.4, -0.2) is 27.3 Å². The highest BCUT2D eigenvalue weighted by Crippen LogP contribution is 2.31. The summed E-state index contributed by atoms with van der Waals surface area (Å²) >= 11 is 9.07. The van der Waals surface area contributed by atoms with Crippen molar-refractivity contribution in [3.63, 3.8) is 0 Å². The summed E-state index contributed by atoms with van der Waals surface area (Å²) in [5.74, 6) is 2.18. The molecular formula is C20H16ClFN4O2S2. The third kappa shape index (κ3) is 5.10. The number of hydrogen-bond donors (Lipinski definition) is 1. The smallest absolute Gasteiger partial charge is 0.209 e. The standard InChI is InChI=1S/C20H16ClFN4O2S2/c1-27-17-7-2-12(21)8-16(17)19-24-20(26-25-19)30-11-14-10-29-18(23-14)9-28-15-5-3-13(22)4-6-15/h2-8,10H,9,11H2,1H3,(H,24,25,26). The third-order valence-electron chi connectivity index (χ3n) is 4.01. The summed E-state index contributed by atoms with van der Waals surface area (Å²) in [6.07, 6.45) is 0. The number of aromatic nitrogens is 4. The number of nitrogens with zero attached hydrogens (tertiary/aromatic N) is 3. The molecule has 0 aliphatic rings. The van der Waals surface area contributed by atoms with Crippen molar-refractivity contribution in [1.29, 1.82) is 0 Å². The van der Waals surface area contributed by atoms with E-state index in [0.29, 0.717) is 39.9 Å². The van der Waals surface area contributed by atoms with Crippen LogP contribution in [0.15, 0.2) is 53.0 Å². The Labute approximate surface area is 185 Å². The SMILES string of the molecule is COc1ccc(Cl)cc1-c1nc(SCc2csc(COc3ccc(F)cc3)n2)n[nH]1. The van der Waals surface area contributed by atoms with Crippen LogP contribution in [0.5, 0.6) is 11.5 Å². The predicted molar refractivity (Wildman–Crippen MR) is 116 cm³/mol. The maximum absolute atomic E-state index is 12.9. The monoisotopic (exact) mass is 462 g/mol. The topological polar surface area (TPSA) is 72.9 Å². The number of hydrogen-bond acceptors (Lipinski definition) is 7. The Bertz CT molecular complexity index is 1130. The molecule has 10 heteroatoms. The molecule has 4 aromatic rings. The molecule has 30 heavy (non-hydrogen) atoms. The van der Waals surface area contributed by atoms with Gasteiger partial charge in [0.25, 0.3) is 0 Å². The number of methoxy groups -OCH3 is 1. The van der Waals surface area contributed by atoms with Crippen molar-refractivity contribution >= 4 is 34.7 Å². The van der Waals surface area contributed by atoms with E-state index in [9.17, 15) is 4.39 Å². The Morgan fingerprint density at radius 2 is 2.00 bits per heavy atom. The molecule has 0 spiro atoms. The van der Waals surface area contributed by atoms with Gasteiger partial charge >= 0.3 is 0 Å². The number of thiazole rings is 1. The van der Waals surface area contributed by atoms with Gasteiger partial charge in [-0.2, -0.15) is 0 Å². The van der Waals surface area contributed by atoms with Gasteiger partial charge in [0, 0.05) is 16.2 Å². The van der Waals surface area contributed by atoms with Crippen LogP contribution < -0.4 is 9.47 Å². The molecule has 154 valence electrons. The molecular weight excluding hydrogens is 447 g/mol. The average Bonchev–Trinajstić information content (AvgIpc) is 3.41. The number of aromatic amines is 1. The van der Waals surface area contributed by atoms with E-state index in [-0.39, 0.29) is 5.82 Å². The number of thioether (sulfide) groups is 1. The quantitative estimate of drug-likeness (QED) is 0.343. The van der Waals surface area contributed by atoms with Crippen LogP contribution in [0.3, 0.4) is 0 Å². The molecule has 0 saturated heterocycles. The molecule has 0 radical (unpaired) electrons. The second-order valence-electron chi connectivity index (χ2n) is 6.08. The lowest BCUT2D eigenvalue weighted by Gasteiger charge is -2.05. The Hall–Kier alpha value is -2.62. The first-order chi connectivity index (χ1) is 14.6. The Morgan fingerprint density at radius 1 is 1.17 bits per heavy atom. The largest absolute Gasteiger partial charge is 0.496 e. The first-order valence-electron chi connectivity index (χ1n) is 8.81. The second-order valence-corrected chi connectivity index (χ2v) is 8.40. The molecule has 0 saturated carbocycles. The summed E-state index contributed by atoms with van der Waals surface area (Å²) in [6.45, 7) is 0.334. The fraction of sp³-hybridized carbons (Fsp3) is 0.150. The second kappa shape index (κ2) is 9.46. The predicted octanol–water partition coefficient (Wildman–Crippen LogP) is 5.60. The van der Waals surface area contributed by atoms with Crippen LogP contribution in [0, 0.1) is 5.82 Å². The Balaban J connectivity index is 1.35. The van der Waals surface area contributed by atoms with Crippen molar-refractivity contribution in [2.45, 2.75) is 17.5 Å². The summed E-state index contributed by atoms with van der Waals surface area (Å²) in [6, 6.07) is 11.2. The van der Waals surface area contributed by atoms with Gasteiger partial charge in [-0.25, -0.2) is 14.4 Å². The van der Waals surface area contributed by atoms with Crippen LogP contribution in [0.1, 0.15) is 10.7 Å². The lowest BCUT2D eigenvalue weighted by molar-refractivity contribution is 0.305. The summed E-state index contributed by atoms with van der Waals surface area (Å²) < 4.78 is 23.9. The van der Waals surface area contributed by atoms with Crippen molar-refractivity contribution in [2.24, 2.45) is 0 Å². The number of rotatable bonds is 8. The van der Waals surface area contributed by atoms with Crippen LogP contribution in [0.2, 0.25) is 5.02 Å². The zero-order chi connectivity index (χ0) is 20.9. The highest BCUT2D eigenvalue weighted by atomic mass is 35.5. The fourth-order valence-corrected chi connectivity index (χ4v) is 4.27. The lowest BCUT2D eigenvalue weighted by atomic mass is 10.2. The molecule has 0 bridgehead atoms. The highest BCUT2D eigenvalue weighted by molar-refractivity contribution is 7.98. The zero-order valence-corrected chi connectivity index (χ0v) is 18.2. The first kappa shape index (κ1) is 20.6. The van der Waals surface area contributed by atoms with E-state index in [1.807, 2.05) is 5.38 Å². The number of ether oxygens (including phenoxy) is 2. The molecule has 4 rings (SSSR count). The molecule has 1 N–H and O–H groups in total. The van der Waals surface area contributed by atoms with Crippen molar-refractivity contribution in [3.05, 3.63) is 69.4 Å². The minimum Gasteiger partial charge on any atom is -0.496 e. The van der Waals surface area contributed by atoms with Gasteiger partial charge in [-0.05, 0) is 42.5 Å². The van der Waals surface area contributed by atoms with Gasteiger partial charge in [-0.1, -0.05) is 23.4 Å². The van der Waals surface area contributed by atoms with E-state index in [2.05, 4.69) is 20.2 Å². The summed E-state index contributed by atoms with van der Waals surface area (Å²) in [7, 11) is 1.60. The molecule has 0 aliphatic heterocycles. The number of H-pyrrole nitrogens is 1. The van der Waals surface area contributed by atoms with Crippen LogP contribution in [0.4, 0.5) is 4.39 Å².